The SMILES string of the molecule is COCCN(C)Cc1ccc2[nH]c(-c3cc(NC(=O)c4cnn(Cc5ccccc5)c4)c[nH]c3=O)cc2c1. The van der Waals surface area contributed by atoms with Crippen molar-refractivity contribution in [3.05, 3.63) is 106 Å². The molecular weight excluding hydrogens is 480 g/mol. The highest BCUT2D eigenvalue weighted by Gasteiger charge is 2.13. The number of aromatic amines is 2. The van der Waals surface area contributed by atoms with Gasteiger partial charge in [0.25, 0.3) is 11.5 Å². The highest BCUT2D eigenvalue weighted by Crippen LogP contribution is 2.25. The number of hydrogen-bond donors (Lipinski definition) is 3. The molecule has 194 valence electrons. The van der Waals surface area contributed by atoms with E-state index in [0.29, 0.717) is 35.7 Å². The highest BCUT2D eigenvalue weighted by molar-refractivity contribution is 6.04. The van der Waals surface area contributed by atoms with Crippen LogP contribution >= 0.6 is 0 Å². The number of carbonyl (C=O) groups excluding carboxylic acids is 1. The Labute approximate surface area is 220 Å². The number of amides is 1. The molecule has 0 spiro atoms. The lowest BCUT2D eigenvalue weighted by Crippen LogP contribution is -2.22. The maximum atomic E-state index is 12.9. The van der Waals surface area contributed by atoms with Gasteiger partial charge >= 0.3 is 0 Å². The third-order valence-corrected chi connectivity index (χ3v) is 6.35. The van der Waals surface area contributed by atoms with Crippen LogP contribution in [-0.4, -0.2) is 57.9 Å². The Hall–Kier alpha value is -4.47. The van der Waals surface area contributed by atoms with Crippen molar-refractivity contribution in [3.63, 3.8) is 0 Å². The molecular formula is C29H30N6O3. The van der Waals surface area contributed by atoms with Gasteiger partial charge in [-0.05, 0) is 42.4 Å². The smallest absolute Gasteiger partial charge is 0.258 e. The van der Waals surface area contributed by atoms with Crippen molar-refractivity contribution < 1.29 is 9.53 Å². The number of hydrogen-bond acceptors (Lipinski definition) is 5. The normalized spacial score (nSPS) is 11.3. The van der Waals surface area contributed by atoms with Gasteiger partial charge < -0.3 is 20.0 Å². The van der Waals surface area contributed by atoms with E-state index in [9.17, 15) is 9.59 Å². The topological polar surface area (TPSA) is 108 Å². The molecule has 0 bridgehead atoms. The van der Waals surface area contributed by atoms with Crippen molar-refractivity contribution >= 4 is 22.5 Å². The summed E-state index contributed by atoms with van der Waals surface area (Å²) in [5.41, 5.74) is 4.99. The van der Waals surface area contributed by atoms with E-state index in [1.165, 1.54) is 18.0 Å². The second-order valence-corrected chi connectivity index (χ2v) is 9.33. The number of rotatable bonds is 10. The predicted octanol–water partition coefficient (Wildman–Crippen LogP) is 4.10. The standard InChI is InChI=1S/C29H30N6O3/c1-34(10-11-38-2)17-21-8-9-26-22(12-21)13-27(33-26)25-14-24(16-30-29(25)37)32-28(36)23-15-31-35(19-23)18-20-6-4-3-5-7-20/h3-9,12-16,19,33H,10-11,17-18H2,1-2H3,(H,30,37)(H,32,36). The molecule has 0 aliphatic rings. The highest BCUT2D eigenvalue weighted by atomic mass is 16.5. The monoisotopic (exact) mass is 510 g/mol. The predicted molar refractivity (Wildman–Crippen MR) is 148 cm³/mol. The molecule has 3 aromatic heterocycles. The lowest BCUT2D eigenvalue weighted by atomic mass is 10.1. The molecule has 0 radical (unpaired) electrons. The average Bonchev–Trinajstić information content (AvgIpc) is 3.56. The Morgan fingerprint density at radius 3 is 2.76 bits per heavy atom. The molecule has 0 unspecified atom stereocenters. The number of pyridine rings is 1. The van der Waals surface area contributed by atoms with Gasteiger partial charge in [-0.3, -0.25) is 19.2 Å². The van der Waals surface area contributed by atoms with Gasteiger partial charge in [0.1, 0.15) is 0 Å². The van der Waals surface area contributed by atoms with Crippen LogP contribution in [0.2, 0.25) is 0 Å². The Morgan fingerprint density at radius 1 is 1.11 bits per heavy atom. The van der Waals surface area contributed by atoms with Gasteiger partial charge in [0, 0.05) is 43.5 Å². The van der Waals surface area contributed by atoms with E-state index in [4.69, 9.17) is 4.74 Å². The maximum Gasteiger partial charge on any atom is 0.258 e. The van der Waals surface area contributed by atoms with Crippen LogP contribution in [0.5, 0.6) is 0 Å². The van der Waals surface area contributed by atoms with E-state index < -0.39 is 0 Å². The van der Waals surface area contributed by atoms with Gasteiger partial charge in [0.15, 0.2) is 0 Å². The molecule has 0 aliphatic carbocycles. The summed E-state index contributed by atoms with van der Waals surface area (Å²) < 4.78 is 6.87. The van der Waals surface area contributed by atoms with Crippen LogP contribution in [0.3, 0.4) is 0 Å². The molecule has 0 atom stereocenters. The second-order valence-electron chi connectivity index (χ2n) is 9.33. The fourth-order valence-electron chi connectivity index (χ4n) is 4.36. The lowest BCUT2D eigenvalue weighted by Gasteiger charge is -2.15. The first-order chi connectivity index (χ1) is 18.5. The van der Waals surface area contributed by atoms with Crippen molar-refractivity contribution in [1.29, 1.82) is 0 Å². The quantitative estimate of drug-likeness (QED) is 0.262. The number of benzene rings is 2. The Morgan fingerprint density at radius 2 is 1.95 bits per heavy atom. The van der Waals surface area contributed by atoms with E-state index in [1.54, 1.807) is 24.1 Å². The number of methoxy groups -OCH3 is 1. The molecule has 9 heteroatoms. The minimum absolute atomic E-state index is 0.246. The molecule has 5 aromatic rings. The molecule has 0 aliphatic heterocycles. The van der Waals surface area contributed by atoms with E-state index in [1.807, 2.05) is 42.5 Å². The zero-order valence-corrected chi connectivity index (χ0v) is 21.4. The van der Waals surface area contributed by atoms with Crippen LogP contribution in [0.4, 0.5) is 5.69 Å². The summed E-state index contributed by atoms with van der Waals surface area (Å²) >= 11 is 0. The Kier molecular flexibility index (Phi) is 7.48. The largest absolute Gasteiger partial charge is 0.383 e. The van der Waals surface area contributed by atoms with Crippen LogP contribution < -0.4 is 10.9 Å². The summed E-state index contributed by atoms with van der Waals surface area (Å²) in [4.78, 5) is 33.8. The first-order valence-corrected chi connectivity index (χ1v) is 12.4. The number of H-pyrrole nitrogens is 2. The third-order valence-electron chi connectivity index (χ3n) is 6.35. The van der Waals surface area contributed by atoms with E-state index >= 15 is 0 Å². The van der Waals surface area contributed by atoms with Crippen LogP contribution in [0.1, 0.15) is 21.5 Å². The summed E-state index contributed by atoms with van der Waals surface area (Å²) in [6.45, 7) is 2.89. The van der Waals surface area contributed by atoms with Crippen LogP contribution in [0, 0.1) is 0 Å². The van der Waals surface area contributed by atoms with Gasteiger partial charge in [-0.25, -0.2) is 0 Å². The lowest BCUT2D eigenvalue weighted by molar-refractivity contribution is 0.102. The minimum Gasteiger partial charge on any atom is -0.383 e. The fourth-order valence-corrected chi connectivity index (χ4v) is 4.36. The minimum atomic E-state index is -0.304. The molecule has 9 nitrogen and oxygen atoms in total. The number of nitrogens with zero attached hydrogens (tertiary/aromatic N) is 3. The van der Waals surface area contributed by atoms with E-state index in [-0.39, 0.29) is 11.5 Å². The summed E-state index contributed by atoms with van der Waals surface area (Å²) in [6.07, 6.45) is 4.73. The number of ether oxygens (including phenoxy) is 1. The molecule has 2 aromatic carbocycles. The van der Waals surface area contributed by atoms with Gasteiger partial charge in [-0.15, -0.1) is 0 Å². The molecule has 1 amide bonds. The zero-order valence-electron chi connectivity index (χ0n) is 21.4. The van der Waals surface area contributed by atoms with Crippen molar-refractivity contribution in [2.75, 3.05) is 32.6 Å². The summed E-state index contributed by atoms with van der Waals surface area (Å²) in [5, 5.41) is 8.17. The fraction of sp³-hybridized carbons (Fsp3) is 0.207. The molecule has 5 rings (SSSR count). The third kappa shape index (κ3) is 5.91. The van der Waals surface area contributed by atoms with Crippen molar-refractivity contribution in [2.45, 2.75) is 13.1 Å². The molecule has 38 heavy (non-hydrogen) atoms. The molecule has 0 saturated carbocycles. The number of carbonyl (C=O) groups is 1. The molecule has 3 heterocycles. The Bertz CT molecular complexity index is 1600. The number of nitrogens with one attached hydrogen (secondary N) is 3. The number of anilines is 1. The number of fused-ring (bicyclic) bond motifs is 1. The first-order valence-electron chi connectivity index (χ1n) is 12.4. The Balaban J connectivity index is 1.31. The second kappa shape index (κ2) is 11.3. The van der Waals surface area contributed by atoms with Crippen LogP contribution in [0.25, 0.3) is 22.2 Å². The van der Waals surface area contributed by atoms with Crippen LogP contribution in [0.15, 0.2) is 84.0 Å². The number of aromatic nitrogens is 4. The van der Waals surface area contributed by atoms with Crippen molar-refractivity contribution in [3.8, 4) is 11.3 Å². The van der Waals surface area contributed by atoms with Gasteiger partial charge in [-0.2, -0.15) is 5.10 Å². The summed E-state index contributed by atoms with van der Waals surface area (Å²) in [5.74, 6) is -0.304. The summed E-state index contributed by atoms with van der Waals surface area (Å²) in [7, 11) is 3.75. The van der Waals surface area contributed by atoms with E-state index in [2.05, 4.69) is 44.5 Å². The van der Waals surface area contributed by atoms with Crippen molar-refractivity contribution in [1.82, 2.24) is 24.6 Å². The van der Waals surface area contributed by atoms with Gasteiger partial charge in [-0.1, -0.05) is 36.4 Å². The zero-order chi connectivity index (χ0) is 26.5. The van der Waals surface area contributed by atoms with Crippen LogP contribution in [-0.2, 0) is 17.8 Å². The summed E-state index contributed by atoms with van der Waals surface area (Å²) in [6, 6.07) is 19.8. The maximum absolute atomic E-state index is 12.9. The first kappa shape index (κ1) is 25.2. The van der Waals surface area contributed by atoms with Gasteiger partial charge in [0.2, 0.25) is 0 Å². The van der Waals surface area contributed by atoms with Gasteiger partial charge in [0.05, 0.1) is 41.9 Å². The number of likely N-dealkylation sites (N-methyl/N-ethyl adjacent to an activating group) is 1. The molecule has 3 N–H and O–H groups in total. The van der Waals surface area contributed by atoms with Crippen molar-refractivity contribution in [2.24, 2.45) is 0 Å². The molecule has 0 fully saturated rings. The van der Waals surface area contributed by atoms with E-state index in [0.717, 1.165) is 29.6 Å². The molecule has 0 saturated heterocycles. The average molecular weight is 511 g/mol.